The number of methoxy groups -OCH3 is 1. The van der Waals surface area contributed by atoms with E-state index in [9.17, 15) is 9.59 Å². The average molecular weight is 328 g/mol. The molecule has 0 bridgehead atoms. The molecule has 2 heterocycles. The highest BCUT2D eigenvalue weighted by molar-refractivity contribution is 5.78. The van der Waals surface area contributed by atoms with Crippen LogP contribution in [0.15, 0.2) is 0 Å². The van der Waals surface area contributed by atoms with Crippen LogP contribution in [-0.4, -0.2) is 98.9 Å². The molecule has 0 saturated carbocycles. The number of likely N-dealkylation sites (tertiary alicyclic amines) is 1. The zero-order chi connectivity index (χ0) is 16.9. The second-order valence-corrected chi connectivity index (χ2v) is 6.35. The lowest BCUT2D eigenvalue weighted by molar-refractivity contribution is -0.133. The van der Waals surface area contributed by atoms with Gasteiger partial charge >= 0.3 is 6.09 Å². The largest absolute Gasteiger partial charge is 0.441 e. The van der Waals surface area contributed by atoms with Crippen LogP contribution in [0.5, 0.6) is 0 Å². The van der Waals surface area contributed by atoms with Crippen molar-refractivity contribution in [3.63, 3.8) is 0 Å². The molecule has 2 rings (SSSR count). The van der Waals surface area contributed by atoms with Crippen LogP contribution in [0.1, 0.15) is 12.8 Å². The van der Waals surface area contributed by atoms with Gasteiger partial charge in [-0.25, -0.2) is 4.79 Å². The Labute approximate surface area is 137 Å². The molecule has 2 fully saturated rings. The SMILES string of the molecule is COCCN(C)CCN1CC2(CCN(C(=O)CN)CC2)OC1=O. The van der Waals surface area contributed by atoms with Crippen molar-refractivity contribution in [2.24, 2.45) is 5.73 Å². The summed E-state index contributed by atoms with van der Waals surface area (Å²) in [6.07, 6.45) is 1.12. The molecule has 0 aromatic carbocycles. The van der Waals surface area contributed by atoms with E-state index < -0.39 is 5.60 Å². The lowest BCUT2D eigenvalue weighted by Crippen LogP contribution is -2.50. The summed E-state index contributed by atoms with van der Waals surface area (Å²) in [7, 11) is 3.68. The monoisotopic (exact) mass is 328 g/mol. The van der Waals surface area contributed by atoms with Crippen LogP contribution in [0.3, 0.4) is 0 Å². The lowest BCUT2D eigenvalue weighted by Gasteiger charge is -2.37. The second kappa shape index (κ2) is 7.94. The van der Waals surface area contributed by atoms with Crippen LogP contribution in [-0.2, 0) is 14.3 Å². The standard InChI is InChI=1S/C15H28N4O4/c1-17(9-10-22-2)7-8-19-12-15(23-14(19)21)3-5-18(6-4-15)13(20)11-16/h3-12,16H2,1-2H3. The van der Waals surface area contributed by atoms with Gasteiger partial charge in [0, 0.05) is 52.7 Å². The molecule has 2 N–H and O–H groups in total. The van der Waals surface area contributed by atoms with Crippen molar-refractivity contribution >= 4 is 12.0 Å². The average Bonchev–Trinajstić information content (AvgIpc) is 2.86. The molecule has 0 aromatic rings. The number of ether oxygens (including phenoxy) is 2. The summed E-state index contributed by atoms with van der Waals surface area (Å²) < 4.78 is 10.7. The van der Waals surface area contributed by atoms with E-state index in [1.165, 1.54) is 0 Å². The molecule has 2 aliphatic rings. The molecule has 132 valence electrons. The summed E-state index contributed by atoms with van der Waals surface area (Å²) >= 11 is 0. The van der Waals surface area contributed by atoms with Crippen molar-refractivity contribution in [2.45, 2.75) is 18.4 Å². The maximum Gasteiger partial charge on any atom is 0.410 e. The van der Waals surface area contributed by atoms with Gasteiger partial charge in [0.25, 0.3) is 0 Å². The Balaban J connectivity index is 1.80. The quantitative estimate of drug-likeness (QED) is 0.667. The van der Waals surface area contributed by atoms with E-state index >= 15 is 0 Å². The van der Waals surface area contributed by atoms with Gasteiger partial charge in [-0.3, -0.25) is 4.79 Å². The fraction of sp³-hybridized carbons (Fsp3) is 0.867. The van der Waals surface area contributed by atoms with Crippen molar-refractivity contribution < 1.29 is 19.1 Å². The summed E-state index contributed by atoms with van der Waals surface area (Å²) in [5, 5.41) is 0. The van der Waals surface area contributed by atoms with Gasteiger partial charge in [-0.1, -0.05) is 0 Å². The van der Waals surface area contributed by atoms with Gasteiger partial charge in [-0.15, -0.1) is 0 Å². The fourth-order valence-corrected chi connectivity index (χ4v) is 3.07. The van der Waals surface area contributed by atoms with E-state index in [1.807, 2.05) is 7.05 Å². The Morgan fingerprint density at radius 2 is 2.09 bits per heavy atom. The van der Waals surface area contributed by atoms with Gasteiger partial charge in [0.05, 0.1) is 19.7 Å². The number of nitrogens with zero attached hydrogens (tertiary/aromatic N) is 3. The van der Waals surface area contributed by atoms with Crippen LogP contribution in [0, 0.1) is 0 Å². The summed E-state index contributed by atoms with van der Waals surface area (Å²) in [6.45, 7) is 4.78. The molecule has 8 heteroatoms. The van der Waals surface area contributed by atoms with Crippen molar-refractivity contribution in [3.8, 4) is 0 Å². The minimum absolute atomic E-state index is 0.0344. The molecule has 0 atom stereocenters. The van der Waals surface area contributed by atoms with Gasteiger partial charge in [0.1, 0.15) is 5.60 Å². The third kappa shape index (κ3) is 4.55. The Bertz CT molecular complexity index is 424. The van der Waals surface area contributed by atoms with Crippen LogP contribution >= 0.6 is 0 Å². The minimum atomic E-state index is -0.437. The number of carbonyl (C=O) groups is 2. The fourth-order valence-electron chi connectivity index (χ4n) is 3.07. The highest BCUT2D eigenvalue weighted by Gasteiger charge is 2.47. The Kier molecular flexibility index (Phi) is 6.20. The van der Waals surface area contributed by atoms with E-state index in [2.05, 4.69) is 4.90 Å². The Hall–Kier alpha value is -1.38. The van der Waals surface area contributed by atoms with E-state index in [0.29, 0.717) is 45.6 Å². The number of hydrogen-bond acceptors (Lipinski definition) is 6. The molecule has 2 aliphatic heterocycles. The van der Waals surface area contributed by atoms with Gasteiger partial charge < -0.3 is 29.9 Å². The van der Waals surface area contributed by atoms with E-state index in [0.717, 1.165) is 13.1 Å². The molecular formula is C15H28N4O4. The highest BCUT2D eigenvalue weighted by atomic mass is 16.6. The lowest BCUT2D eigenvalue weighted by atomic mass is 9.91. The first kappa shape index (κ1) is 18.0. The van der Waals surface area contributed by atoms with Crippen molar-refractivity contribution in [2.75, 3.05) is 66.6 Å². The smallest absolute Gasteiger partial charge is 0.410 e. The van der Waals surface area contributed by atoms with Crippen LogP contribution in [0.4, 0.5) is 4.79 Å². The number of piperidine rings is 1. The molecule has 0 unspecified atom stereocenters. The maximum atomic E-state index is 12.1. The number of nitrogens with two attached hydrogens (primary N) is 1. The molecular weight excluding hydrogens is 300 g/mol. The molecule has 2 saturated heterocycles. The molecule has 0 aromatic heterocycles. The van der Waals surface area contributed by atoms with Gasteiger partial charge in [-0.05, 0) is 7.05 Å². The molecule has 2 amide bonds. The van der Waals surface area contributed by atoms with Crippen molar-refractivity contribution in [3.05, 3.63) is 0 Å². The summed E-state index contributed by atoms with van der Waals surface area (Å²) in [4.78, 5) is 29.4. The van der Waals surface area contributed by atoms with Crippen molar-refractivity contribution in [1.82, 2.24) is 14.7 Å². The maximum absolute atomic E-state index is 12.1. The molecule has 23 heavy (non-hydrogen) atoms. The summed E-state index contributed by atoms with van der Waals surface area (Å²) in [6, 6.07) is 0. The predicted molar refractivity (Wildman–Crippen MR) is 85.0 cm³/mol. The first-order valence-corrected chi connectivity index (χ1v) is 8.13. The van der Waals surface area contributed by atoms with Gasteiger partial charge in [0.2, 0.25) is 5.91 Å². The third-order valence-corrected chi connectivity index (χ3v) is 4.67. The van der Waals surface area contributed by atoms with E-state index in [4.69, 9.17) is 15.2 Å². The molecule has 1 spiro atoms. The zero-order valence-corrected chi connectivity index (χ0v) is 14.1. The second-order valence-electron chi connectivity index (χ2n) is 6.35. The number of hydrogen-bond donors (Lipinski definition) is 1. The number of amides is 2. The summed E-state index contributed by atoms with van der Waals surface area (Å²) in [5.74, 6) is -0.0409. The number of likely N-dealkylation sites (N-methyl/N-ethyl adjacent to an activating group) is 1. The first-order chi connectivity index (χ1) is 11.0. The normalized spacial score (nSPS) is 20.4. The highest BCUT2D eigenvalue weighted by Crippen LogP contribution is 2.33. The Morgan fingerprint density at radius 3 is 2.70 bits per heavy atom. The summed E-state index contributed by atoms with van der Waals surface area (Å²) in [5.41, 5.74) is 4.96. The van der Waals surface area contributed by atoms with E-state index in [-0.39, 0.29) is 18.5 Å². The van der Waals surface area contributed by atoms with Crippen LogP contribution in [0.2, 0.25) is 0 Å². The number of carbonyl (C=O) groups excluding carboxylic acids is 2. The zero-order valence-electron chi connectivity index (χ0n) is 14.1. The first-order valence-electron chi connectivity index (χ1n) is 8.13. The Morgan fingerprint density at radius 1 is 1.39 bits per heavy atom. The van der Waals surface area contributed by atoms with Gasteiger partial charge in [-0.2, -0.15) is 0 Å². The van der Waals surface area contributed by atoms with Crippen LogP contribution < -0.4 is 5.73 Å². The topological polar surface area (TPSA) is 88.3 Å². The van der Waals surface area contributed by atoms with Gasteiger partial charge in [0.15, 0.2) is 0 Å². The van der Waals surface area contributed by atoms with Crippen LogP contribution in [0.25, 0.3) is 0 Å². The minimum Gasteiger partial charge on any atom is -0.441 e. The molecule has 8 nitrogen and oxygen atoms in total. The number of rotatable bonds is 7. The molecule has 0 radical (unpaired) electrons. The predicted octanol–water partition coefficient (Wildman–Crippen LogP) is -0.663. The molecule has 0 aliphatic carbocycles. The third-order valence-electron chi connectivity index (χ3n) is 4.67. The van der Waals surface area contributed by atoms with E-state index in [1.54, 1.807) is 16.9 Å². The van der Waals surface area contributed by atoms with Crippen molar-refractivity contribution in [1.29, 1.82) is 0 Å².